The number of anilines is 1. The van der Waals surface area contributed by atoms with Crippen LogP contribution >= 0.6 is 0 Å². The van der Waals surface area contributed by atoms with Crippen molar-refractivity contribution in [2.75, 3.05) is 18.4 Å². The second-order valence-electron chi connectivity index (χ2n) is 4.75. The number of hydrogen-bond acceptors (Lipinski definition) is 2. The molecule has 1 aliphatic rings. The number of halogens is 4. The van der Waals surface area contributed by atoms with Gasteiger partial charge in [-0.3, -0.25) is 0 Å². The summed E-state index contributed by atoms with van der Waals surface area (Å²) in [6.45, 7) is 2.65. The topological polar surface area (TPSA) is 24.1 Å². The molecule has 2 nitrogen and oxygen atoms in total. The van der Waals surface area contributed by atoms with Crippen LogP contribution in [0.15, 0.2) is 18.2 Å². The van der Waals surface area contributed by atoms with E-state index in [9.17, 15) is 17.6 Å². The van der Waals surface area contributed by atoms with Gasteiger partial charge < -0.3 is 10.6 Å². The lowest BCUT2D eigenvalue weighted by atomic mass is 10.0. The number of rotatable bonds is 3. The molecule has 2 unspecified atom stereocenters. The average Bonchev–Trinajstić information content (AvgIpc) is 2.80. The van der Waals surface area contributed by atoms with Gasteiger partial charge >= 0.3 is 6.18 Å². The number of nitrogens with one attached hydrogen (secondary N) is 2. The molecule has 2 rings (SSSR count). The molecule has 0 spiro atoms. The van der Waals surface area contributed by atoms with Gasteiger partial charge in [-0.15, -0.1) is 0 Å². The van der Waals surface area contributed by atoms with Crippen LogP contribution in [0.3, 0.4) is 0 Å². The zero-order valence-corrected chi connectivity index (χ0v) is 10.5. The predicted octanol–water partition coefficient (Wildman–Crippen LogP) is 3.51. The Kier molecular flexibility index (Phi) is 3.99. The Morgan fingerprint density at radius 1 is 1.37 bits per heavy atom. The normalized spacial score (nSPS) is 21.4. The summed E-state index contributed by atoms with van der Waals surface area (Å²) < 4.78 is 52.1. The minimum Gasteiger partial charge on any atom is -0.380 e. The van der Waals surface area contributed by atoms with E-state index in [0.29, 0.717) is 6.54 Å². The Bertz CT molecular complexity index is 437. The van der Waals surface area contributed by atoms with Crippen LogP contribution in [0.4, 0.5) is 23.2 Å². The molecule has 1 aliphatic heterocycles. The molecule has 1 aromatic rings. The second-order valence-corrected chi connectivity index (χ2v) is 4.75. The van der Waals surface area contributed by atoms with Crippen molar-refractivity contribution in [1.82, 2.24) is 5.32 Å². The third-order valence-electron chi connectivity index (χ3n) is 3.23. The highest BCUT2D eigenvalue weighted by atomic mass is 19.4. The Labute approximate surface area is 109 Å². The first-order chi connectivity index (χ1) is 8.88. The number of benzene rings is 1. The van der Waals surface area contributed by atoms with Crippen LogP contribution in [0.5, 0.6) is 0 Å². The maximum absolute atomic E-state index is 13.1. The largest absolute Gasteiger partial charge is 0.418 e. The molecular formula is C13H16F4N2. The Morgan fingerprint density at radius 2 is 2.11 bits per heavy atom. The first kappa shape index (κ1) is 14.1. The van der Waals surface area contributed by atoms with Gasteiger partial charge in [0.25, 0.3) is 0 Å². The molecule has 1 saturated heterocycles. The van der Waals surface area contributed by atoms with Gasteiger partial charge in [0.2, 0.25) is 0 Å². The van der Waals surface area contributed by atoms with Gasteiger partial charge in [-0.05, 0) is 37.6 Å². The Hall–Kier alpha value is -1.30. The van der Waals surface area contributed by atoms with Gasteiger partial charge in [0.05, 0.1) is 5.56 Å². The lowest BCUT2D eigenvalue weighted by Gasteiger charge is -2.19. The molecule has 19 heavy (non-hydrogen) atoms. The summed E-state index contributed by atoms with van der Waals surface area (Å²) in [7, 11) is 0. The number of hydrogen-bond donors (Lipinski definition) is 2. The number of alkyl halides is 4. The van der Waals surface area contributed by atoms with E-state index < -0.39 is 17.9 Å². The molecule has 0 bridgehead atoms. The molecule has 1 aromatic carbocycles. The van der Waals surface area contributed by atoms with Crippen molar-refractivity contribution in [2.24, 2.45) is 0 Å². The Balaban J connectivity index is 2.30. The van der Waals surface area contributed by atoms with Crippen molar-refractivity contribution in [2.45, 2.75) is 31.7 Å². The lowest BCUT2D eigenvalue weighted by Crippen LogP contribution is -2.24. The second kappa shape index (κ2) is 5.36. The van der Waals surface area contributed by atoms with E-state index in [1.807, 2.05) is 0 Å². The van der Waals surface area contributed by atoms with E-state index >= 15 is 0 Å². The molecule has 0 radical (unpaired) electrons. The van der Waals surface area contributed by atoms with E-state index in [1.165, 1.54) is 19.1 Å². The minimum absolute atomic E-state index is 0.0188. The smallest absolute Gasteiger partial charge is 0.380 e. The third-order valence-corrected chi connectivity index (χ3v) is 3.23. The van der Waals surface area contributed by atoms with Gasteiger partial charge in [0.1, 0.15) is 6.17 Å². The van der Waals surface area contributed by atoms with Gasteiger partial charge in [-0.25, -0.2) is 4.39 Å². The highest BCUT2D eigenvalue weighted by Gasteiger charge is 2.34. The van der Waals surface area contributed by atoms with Crippen molar-refractivity contribution >= 4 is 5.69 Å². The van der Waals surface area contributed by atoms with Crippen LogP contribution in [0.25, 0.3) is 0 Å². The van der Waals surface area contributed by atoms with Gasteiger partial charge in [0, 0.05) is 18.3 Å². The van der Waals surface area contributed by atoms with E-state index in [-0.39, 0.29) is 17.3 Å². The summed E-state index contributed by atoms with van der Waals surface area (Å²) in [5.41, 5.74) is -0.741. The lowest BCUT2D eigenvalue weighted by molar-refractivity contribution is -0.137. The van der Waals surface area contributed by atoms with Crippen molar-refractivity contribution in [3.05, 3.63) is 29.3 Å². The van der Waals surface area contributed by atoms with Crippen molar-refractivity contribution in [1.29, 1.82) is 0 Å². The molecule has 1 heterocycles. The fourth-order valence-corrected chi connectivity index (χ4v) is 2.17. The average molecular weight is 276 g/mol. The van der Waals surface area contributed by atoms with Crippen LogP contribution in [0.2, 0.25) is 0 Å². The van der Waals surface area contributed by atoms with Crippen LogP contribution in [0, 0.1) is 0 Å². The first-order valence-corrected chi connectivity index (χ1v) is 6.20. The summed E-state index contributed by atoms with van der Waals surface area (Å²) in [6, 6.07) is 3.57. The van der Waals surface area contributed by atoms with Crippen LogP contribution < -0.4 is 10.6 Å². The highest BCUT2D eigenvalue weighted by Crippen LogP contribution is 2.37. The summed E-state index contributed by atoms with van der Waals surface area (Å²) in [5, 5.41) is 5.95. The molecule has 0 aliphatic carbocycles. The molecule has 106 valence electrons. The van der Waals surface area contributed by atoms with E-state index in [2.05, 4.69) is 10.6 Å². The molecule has 2 N–H and O–H groups in total. The van der Waals surface area contributed by atoms with Crippen molar-refractivity contribution in [3.63, 3.8) is 0 Å². The van der Waals surface area contributed by atoms with E-state index in [0.717, 1.165) is 19.0 Å². The van der Waals surface area contributed by atoms with Crippen LogP contribution in [-0.2, 0) is 6.18 Å². The highest BCUT2D eigenvalue weighted by molar-refractivity contribution is 5.55. The summed E-state index contributed by atoms with van der Waals surface area (Å²) >= 11 is 0. The Morgan fingerprint density at radius 3 is 2.63 bits per heavy atom. The molecule has 1 fully saturated rings. The fourth-order valence-electron chi connectivity index (χ4n) is 2.17. The van der Waals surface area contributed by atoms with Gasteiger partial charge in [0.15, 0.2) is 0 Å². The van der Waals surface area contributed by atoms with E-state index in [1.54, 1.807) is 0 Å². The SMILES string of the molecule is CC(F)c1ccc(NC2CCNC2)c(C(F)(F)F)c1. The van der Waals surface area contributed by atoms with Crippen molar-refractivity contribution in [3.8, 4) is 0 Å². The van der Waals surface area contributed by atoms with Gasteiger partial charge in [-0.2, -0.15) is 13.2 Å². The van der Waals surface area contributed by atoms with Crippen molar-refractivity contribution < 1.29 is 17.6 Å². The molecule has 6 heteroatoms. The van der Waals surface area contributed by atoms with Crippen LogP contribution in [0.1, 0.15) is 30.6 Å². The quantitative estimate of drug-likeness (QED) is 0.826. The molecular weight excluding hydrogens is 260 g/mol. The predicted molar refractivity (Wildman–Crippen MR) is 65.9 cm³/mol. The minimum atomic E-state index is -4.49. The molecule has 0 amide bonds. The maximum Gasteiger partial charge on any atom is 0.418 e. The monoisotopic (exact) mass is 276 g/mol. The molecule has 0 saturated carbocycles. The third kappa shape index (κ3) is 3.37. The maximum atomic E-state index is 13.1. The zero-order valence-electron chi connectivity index (χ0n) is 10.5. The summed E-state index contributed by atoms with van der Waals surface area (Å²) in [5.74, 6) is 0. The fraction of sp³-hybridized carbons (Fsp3) is 0.538. The molecule has 0 aromatic heterocycles. The zero-order chi connectivity index (χ0) is 14.0. The molecule has 2 atom stereocenters. The van der Waals surface area contributed by atoms with Gasteiger partial charge in [-0.1, -0.05) is 6.07 Å². The van der Waals surface area contributed by atoms with E-state index in [4.69, 9.17) is 0 Å². The summed E-state index contributed by atoms with van der Waals surface area (Å²) in [4.78, 5) is 0. The standard InChI is InChI=1S/C13H16F4N2/c1-8(14)9-2-3-12(11(6-9)13(15,16)17)19-10-4-5-18-7-10/h2-3,6,8,10,18-19H,4-5,7H2,1H3. The summed E-state index contributed by atoms with van der Waals surface area (Å²) in [6.07, 6.45) is -5.12. The van der Waals surface area contributed by atoms with Crippen LogP contribution in [-0.4, -0.2) is 19.1 Å². The first-order valence-electron chi connectivity index (χ1n) is 6.20.